The number of aliphatic carboxylic acids is 3. The largest absolute Gasteiger partial charge is 0.481 e. The topological polar surface area (TPSA) is 167 Å². The lowest BCUT2D eigenvalue weighted by atomic mass is 9.99. The van der Waals surface area contributed by atoms with E-state index in [1.54, 1.807) is 0 Å². The average molecular weight is 346 g/mol. The number of rotatable bonds is 11. The van der Waals surface area contributed by atoms with E-state index in [4.69, 9.17) is 21.1 Å². The van der Waals surface area contributed by atoms with Gasteiger partial charge in [0, 0.05) is 18.6 Å². The monoisotopic (exact) mass is 346 g/mol. The first kappa shape index (κ1) is 23.8. The van der Waals surface area contributed by atoms with Gasteiger partial charge in [0.05, 0.1) is 6.04 Å². The predicted molar refractivity (Wildman–Crippen MR) is 86.3 cm³/mol. The Morgan fingerprint density at radius 3 is 1.83 bits per heavy atom. The number of hydrogen-bond donors (Lipinski definition) is 5. The first-order valence-electron chi connectivity index (χ1n) is 7.52. The minimum atomic E-state index is -1.26. The fraction of sp³-hybridized carbons (Fsp3) is 0.600. The molecule has 0 spiro atoms. The molecule has 24 heavy (non-hydrogen) atoms. The van der Waals surface area contributed by atoms with Crippen LogP contribution in [0.5, 0.6) is 0 Å². The molecule has 6 N–H and O–H groups in total. The van der Waals surface area contributed by atoms with E-state index in [2.05, 4.69) is 5.32 Å². The van der Waals surface area contributed by atoms with Crippen molar-refractivity contribution in [1.82, 2.24) is 5.32 Å². The van der Waals surface area contributed by atoms with Crippen LogP contribution in [0.1, 0.15) is 39.5 Å². The summed E-state index contributed by atoms with van der Waals surface area (Å²) in [5, 5.41) is 27.4. The van der Waals surface area contributed by atoms with Gasteiger partial charge < -0.3 is 26.4 Å². The summed E-state index contributed by atoms with van der Waals surface area (Å²) in [5.74, 6) is -3.63. The molecule has 0 aromatic rings. The van der Waals surface area contributed by atoms with E-state index in [1.807, 2.05) is 13.8 Å². The third kappa shape index (κ3) is 16.0. The summed E-state index contributed by atoms with van der Waals surface area (Å²) in [4.78, 5) is 40.7. The van der Waals surface area contributed by atoms with E-state index in [1.165, 1.54) is 0 Å². The van der Waals surface area contributed by atoms with Crippen molar-refractivity contribution in [2.75, 3.05) is 6.54 Å². The highest BCUT2D eigenvalue weighted by Gasteiger charge is 2.16. The normalized spacial score (nSPS) is 12.8. The third-order valence-corrected chi connectivity index (χ3v) is 2.93. The van der Waals surface area contributed by atoms with Gasteiger partial charge in [0.1, 0.15) is 0 Å². The molecule has 0 aliphatic rings. The van der Waals surface area contributed by atoms with Gasteiger partial charge in [-0.05, 0) is 25.3 Å². The molecule has 2 unspecified atom stereocenters. The zero-order chi connectivity index (χ0) is 19.1. The molecule has 0 heterocycles. The fourth-order valence-electron chi connectivity index (χ4n) is 1.83. The van der Waals surface area contributed by atoms with Crippen molar-refractivity contribution in [3.63, 3.8) is 0 Å². The lowest BCUT2D eigenvalue weighted by molar-refractivity contribution is -0.138. The van der Waals surface area contributed by atoms with Gasteiger partial charge in [0.15, 0.2) is 0 Å². The van der Waals surface area contributed by atoms with Crippen molar-refractivity contribution in [3.05, 3.63) is 12.2 Å². The second kappa shape index (κ2) is 14.2. The quantitative estimate of drug-likeness (QED) is 0.336. The van der Waals surface area contributed by atoms with Gasteiger partial charge >= 0.3 is 17.9 Å². The first-order chi connectivity index (χ1) is 11.1. The molecule has 138 valence electrons. The molecular formula is C15H26N2O7. The Labute approximate surface area is 140 Å². The molecule has 0 radical (unpaired) electrons. The Balaban J connectivity index is 0. The van der Waals surface area contributed by atoms with Crippen LogP contribution in [-0.4, -0.2) is 51.7 Å². The van der Waals surface area contributed by atoms with Crippen LogP contribution in [-0.2, 0) is 19.2 Å². The molecule has 9 heteroatoms. The molecule has 0 rings (SSSR count). The van der Waals surface area contributed by atoms with Crippen molar-refractivity contribution in [1.29, 1.82) is 0 Å². The molecule has 9 nitrogen and oxygen atoms in total. The Morgan fingerprint density at radius 1 is 1.04 bits per heavy atom. The highest BCUT2D eigenvalue weighted by Crippen LogP contribution is 2.10. The molecule has 2 atom stereocenters. The summed E-state index contributed by atoms with van der Waals surface area (Å²) in [6, 6.07) is -0.354. The SMILES string of the molecule is CCCC(CNC(CC)C(N)=O)CC(=O)O.O=C(O)/C=C\C(=O)O. The Bertz CT molecular complexity index is 433. The molecule has 0 bridgehead atoms. The van der Waals surface area contributed by atoms with Crippen LogP contribution in [0.25, 0.3) is 0 Å². The van der Waals surface area contributed by atoms with Gasteiger partial charge in [0.2, 0.25) is 5.91 Å². The summed E-state index contributed by atoms with van der Waals surface area (Å²) in [5.41, 5.74) is 5.19. The van der Waals surface area contributed by atoms with Gasteiger partial charge in [-0.2, -0.15) is 0 Å². The van der Waals surface area contributed by atoms with Crippen LogP contribution in [0.3, 0.4) is 0 Å². The van der Waals surface area contributed by atoms with Crippen LogP contribution in [0, 0.1) is 5.92 Å². The smallest absolute Gasteiger partial charge is 0.328 e. The van der Waals surface area contributed by atoms with Gasteiger partial charge in [-0.15, -0.1) is 0 Å². The predicted octanol–water partition coefficient (Wildman–Crippen LogP) is 0.443. The average Bonchev–Trinajstić information content (AvgIpc) is 2.45. The molecule has 0 aliphatic heterocycles. The van der Waals surface area contributed by atoms with Crippen LogP contribution in [0.15, 0.2) is 12.2 Å². The maximum atomic E-state index is 11.0. The molecule has 0 fully saturated rings. The summed E-state index contributed by atoms with van der Waals surface area (Å²) in [6.07, 6.45) is 3.66. The highest BCUT2D eigenvalue weighted by molar-refractivity contribution is 5.89. The Hall–Kier alpha value is -2.42. The van der Waals surface area contributed by atoms with Gasteiger partial charge in [-0.3, -0.25) is 9.59 Å². The van der Waals surface area contributed by atoms with Crippen LogP contribution in [0.2, 0.25) is 0 Å². The van der Waals surface area contributed by atoms with Crippen molar-refractivity contribution in [3.8, 4) is 0 Å². The van der Waals surface area contributed by atoms with Gasteiger partial charge in [0.25, 0.3) is 0 Å². The van der Waals surface area contributed by atoms with E-state index in [-0.39, 0.29) is 24.3 Å². The number of primary amides is 1. The second-order valence-electron chi connectivity index (χ2n) is 5.03. The molecule has 0 aliphatic carbocycles. The van der Waals surface area contributed by atoms with Gasteiger partial charge in [-0.1, -0.05) is 20.3 Å². The van der Waals surface area contributed by atoms with Crippen molar-refractivity contribution in [2.24, 2.45) is 11.7 Å². The number of carboxylic acids is 3. The maximum Gasteiger partial charge on any atom is 0.328 e. The number of nitrogens with two attached hydrogens (primary N) is 1. The minimum absolute atomic E-state index is 0.0656. The zero-order valence-corrected chi connectivity index (χ0v) is 13.9. The third-order valence-electron chi connectivity index (χ3n) is 2.93. The standard InChI is InChI=1S/C11H22N2O3.C4H4O4/c1-3-5-8(6-10(14)15)7-13-9(4-2)11(12)16;5-3(6)1-2-4(7)8/h8-9,13H,3-7H2,1-2H3,(H2,12,16)(H,14,15);1-2H,(H,5,6)(H,7,8)/b;2-1-. The van der Waals surface area contributed by atoms with Crippen LogP contribution >= 0.6 is 0 Å². The maximum absolute atomic E-state index is 11.0. The number of carbonyl (C=O) groups is 4. The summed E-state index contributed by atoms with van der Waals surface area (Å²) in [7, 11) is 0. The summed E-state index contributed by atoms with van der Waals surface area (Å²) >= 11 is 0. The van der Waals surface area contributed by atoms with Crippen molar-refractivity contribution < 1.29 is 34.5 Å². The van der Waals surface area contributed by atoms with Crippen molar-refractivity contribution in [2.45, 2.75) is 45.6 Å². The van der Waals surface area contributed by atoms with E-state index < -0.39 is 17.9 Å². The van der Waals surface area contributed by atoms with E-state index in [0.717, 1.165) is 12.8 Å². The Kier molecular flexibility index (Phi) is 14.1. The number of amides is 1. The van der Waals surface area contributed by atoms with Gasteiger partial charge in [-0.25, -0.2) is 9.59 Å². The molecule has 0 saturated carbocycles. The fourth-order valence-corrected chi connectivity index (χ4v) is 1.83. The lowest BCUT2D eigenvalue weighted by Crippen LogP contribution is -2.43. The second-order valence-corrected chi connectivity index (χ2v) is 5.03. The molecule has 0 aromatic heterocycles. The van der Waals surface area contributed by atoms with Crippen molar-refractivity contribution >= 4 is 23.8 Å². The molecular weight excluding hydrogens is 320 g/mol. The number of hydrogen-bond acceptors (Lipinski definition) is 5. The number of nitrogens with one attached hydrogen (secondary N) is 1. The lowest BCUT2D eigenvalue weighted by Gasteiger charge is -2.18. The number of carbonyl (C=O) groups excluding carboxylic acids is 1. The Morgan fingerprint density at radius 2 is 1.54 bits per heavy atom. The first-order valence-corrected chi connectivity index (χ1v) is 7.52. The van der Waals surface area contributed by atoms with Crippen LogP contribution < -0.4 is 11.1 Å². The van der Waals surface area contributed by atoms with Crippen LogP contribution in [0.4, 0.5) is 0 Å². The summed E-state index contributed by atoms with van der Waals surface area (Å²) < 4.78 is 0. The molecule has 0 saturated heterocycles. The summed E-state index contributed by atoms with van der Waals surface area (Å²) in [6.45, 7) is 4.41. The van der Waals surface area contributed by atoms with E-state index in [0.29, 0.717) is 25.1 Å². The molecule has 1 amide bonds. The van der Waals surface area contributed by atoms with E-state index in [9.17, 15) is 19.2 Å². The molecule has 0 aromatic carbocycles. The zero-order valence-electron chi connectivity index (χ0n) is 13.9. The highest BCUT2D eigenvalue weighted by atomic mass is 16.4. The number of carboxylic acid groups (broad SMARTS) is 3. The van der Waals surface area contributed by atoms with E-state index >= 15 is 0 Å². The minimum Gasteiger partial charge on any atom is -0.481 e.